The lowest BCUT2D eigenvalue weighted by molar-refractivity contribution is -0.139. The maximum absolute atomic E-state index is 13.8. The molecule has 210 valence electrons. The predicted molar refractivity (Wildman–Crippen MR) is 136 cm³/mol. The lowest BCUT2D eigenvalue weighted by atomic mass is 9.96. The number of rotatable bonds is 8. The maximum atomic E-state index is 13.8. The molecule has 2 rings (SSSR count). The number of nitrogens with one attached hydrogen (secondary N) is 1. The Hall–Kier alpha value is -1.38. The number of allylic oxidation sites excluding steroid dienone is 1. The summed E-state index contributed by atoms with van der Waals surface area (Å²) in [6, 6.07) is 3.74. The minimum atomic E-state index is -5.04. The van der Waals surface area contributed by atoms with Crippen molar-refractivity contribution in [3.63, 3.8) is 0 Å². The highest BCUT2D eigenvalue weighted by molar-refractivity contribution is 9.11. The molecule has 0 aliphatic rings. The first-order valence-corrected chi connectivity index (χ1v) is 13.5. The van der Waals surface area contributed by atoms with Crippen LogP contribution in [0.5, 0.6) is 0 Å². The van der Waals surface area contributed by atoms with Crippen molar-refractivity contribution >= 4 is 67.2 Å². The summed E-state index contributed by atoms with van der Waals surface area (Å²) >= 11 is 12.5. The largest absolute Gasteiger partial charge is 0.417 e. The maximum Gasteiger partial charge on any atom is 0.417 e. The molecule has 15 heteroatoms. The fourth-order valence-corrected chi connectivity index (χ4v) is 5.28. The van der Waals surface area contributed by atoms with Crippen molar-refractivity contribution < 1.29 is 44.3 Å². The van der Waals surface area contributed by atoms with Gasteiger partial charge in [-0.15, -0.1) is 0 Å². The fourth-order valence-electron chi connectivity index (χ4n) is 3.16. The van der Waals surface area contributed by atoms with Gasteiger partial charge >= 0.3 is 18.5 Å². The second-order valence-corrected chi connectivity index (χ2v) is 11.1. The van der Waals surface area contributed by atoms with E-state index in [9.17, 15) is 44.3 Å². The molecule has 0 heterocycles. The quantitative estimate of drug-likeness (QED) is 0.217. The van der Waals surface area contributed by atoms with E-state index in [-0.39, 0.29) is 30.8 Å². The van der Waals surface area contributed by atoms with E-state index in [1.54, 1.807) is 0 Å². The van der Waals surface area contributed by atoms with E-state index in [1.165, 1.54) is 6.92 Å². The van der Waals surface area contributed by atoms with Crippen molar-refractivity contribution in [1.29, 1.82) is 0 Å². The van der Waals surface area contributed by atoms with Gasteiger partial charge in [-0.05, 0) is 74.2 Å². The van der Waals surface area contributed by atoms with E-state index in [0.29, 0.717) is 23.9 Å². The monoisotopic (exact) mass is 719 g/mol. The second-order valence-electron chi connectivity index (χ2n) is 7.98. The number of thioether (sulfide) groups is 1. The standard InChI is InChI=1S/C23H17Br2ClF9NOS/c1-11(9-38-10-21(27,28)29)36-20(37)14-4-2-12(6-16(14)23(33,34)35)3-5-15(22(30,31)32)13-7-17(24)19(26)18(25)8-13/h2-8,11,15H,9-10H2,1H3,(H,36,37)/b5-3+. The molecule has 2 unspecified atom stereocenters. The van der Waals surface area contributed by atoms with Crippen LogP contribution in [0, 0.1) is 0 Å². The van der Waals surface area contributed by atoms with E-state index < -0.39 is 53.3 Å². The highest BCUT2D eigenvalue weighted by Crippen LogP contribution is 2.41. The van der Waals surface area contributed by atoms with Crippen molar-refractivity contribution in [3.05, 3.63) is 72.6 Å². The summed E-state index contributed by atoms with van der Waals surface area (Å²) in [5.41, 5.74) is -2.72. The molecule has 1 amide bonds. The van der Waals surface area contributed by atoms with Gasteiger partial charge in [-0.3, -0.25) is 4.79 Å². The Labute approximate surface area is 237 Å². The van der Waals surface area contributed by atoms with Gasteiger partial charge in [-0.1, -0.05) is 29.8 Å². The Morgan fingerprint density at radius 1 is 1.03 bits per heavy atom. The van der Waals surface area contributed by atoms with Gasteiger partial charge in [0.1, 0.15) is 0 Å². The summed E-state index contributed by atoms with van der Waals surface area (Å²) in [4.78, 5) is 12.4. The molecule has 0 bridgehead atoms. The van der Waals surface area contributed by atoms with Gasteiger partial charge in [0.05, 0.1) is 27.8 Å². The first-order chi connectivity index (χ1) is 17.3. The molecule has 2 aromatic carbocycles. The summed E-state index contributed by atoms with van der Waals surface area (Å²) in [6.45, 7) is 1.33. The van der Waals surface area contributed by atoms with Crippen LogP contribution in [-0.2, 0) is 6.18 Å². The number of alkyl halides is 9. The van der Waals surface area contributed by atoms with Crippen molar-refractivity contribution in [2.75, 3.05) is 11.5 Å². The molecular weight excluding hydrogens is 705 g/mol. The molecule has 2 aromatic rings. The Morgan fingerprint density at radius 3 is 2.11 bits per heavy atom. The minimum Gasteiger partial charge on any atom is -0.349 e. The molecule has 0 aliphatic heterocycles. The van der Waals surface area contributed by atoms with Crippen LogP contribution in [0.3, 0.4) is 0 Å². The van der Waals surface area contributed by atoms with Crippen molar-refractivity contribution in [2.45, 2.75) is 37.4 Å². The minimum absolute atomic E-state index is 0.135. The van der Waals surface area contributed by atoms with Gasteiger partial charge in [-0.25, -0.2) is 0 Å². The average molecular weight is 722 g/mol. The molecular formula is C23H17Br2ClF9NOS. The molecule has 0 saturated heterocycles. The van der Waals surface area contributed by atoms with Crippen LogP contribution in [0.4, 0.5) is 39.5 Å². The van der Waals surface area contributed by atoms with Crippen LogP contribution in [0.15, 0.2) is 45.4 Å². The SMILES string of the molecule is CC(CSCC(F)(F)F)NC(=O)c1ccc(/C=C/C(c2cc(Br)c(Cl)c(Br)c2)C(F)(F)F)cc1C(F)(F)F. The number of carbonyl (C=O) groups excluding carboxylic acids is 1. The van der Waals surface area contributed by atoms with Crippen molar-refractivity contribution in [2.24, 2.45) is 0 Å². The summed E-state index contributed by atoms with van der Waals surface area (Å²) in [5.74, 6) is -4.77. The number of benzene rings is 2. The lowest BCUT2D eigenvalue weighted by Crippen LogP contribution is -2.35. The Kier molecular flexibility index (Phi) is 11.1. The van der Waals surface area contributed by atoms with Crippen LogP contribution in [0.25, 0.3) is 6.08 Å². The Bertz CT molecular complexity index is 1160. The number of hydrogen-bond acceptors (Lipinski definition) is 2. The highest BCUT2D eigenvalue weighted by Gasteiger charge is 2.40. The summed E-state index contributed by atoms with van der Waals surface area (Å²) in [7, 11) is 0. The van der Waals surface area contributed by atoms with E-state index >= 15 is 0 Å². The van der Waals surface area contributed by atoms with Crippen LogP contribution in [-0.4, -0.2) is 35.8 Å². The fraction of sp³-hybridized carbons (Fsp3) is 0.348. The first kappa shape index (κ1) is 32.8. The van der Waals surface area contributed by atoms with E-state index in [0.717, 1.165) is 30.3 Å². The molecule has 0 saturated carbocycles. The topological polar surface area (TPSA) is 29.1 Å². The van der Waals surface area contributed by atoms with Gasteiger partial charge in [0, 0.05) is 20.7 Å². The first-order valence-electron chi connectivity index (χ1n) is 10.4. The van der Waals surface area contributed by atoms with E-state index in [4.69, 9.17) is 11.6 Å². The molecule has 0 fully saturated rings. The predicted octanol–water partition coefficient (Wildman–Crippen LogP) is 9.66. The van der Waals surface area contributed by atoms with E-state index in [1.807, 2.05) is 0 Å². The van der Waals surface area contributed by atoms with Crippen LogP contribution in [0.1, 0.15) is 39.9 Å². The summed E-state index contributed by atoms with van der Waals surface area (Å²) in [6.07, 6.45) is -12.7. The van der Waals surface area contributed by atoms with Gasteiger partial charge < -0.3 is 5.32 Å². The Balaban J connectivity index is 2.34. The third-order valence-corrected chi connectivity index (χ3v) is 8.19. The molecule has 0 radical (unpaired) electrons. The lowest BCUT2D eigenvalue weighted by Gasteiger charge is -2.19. The zero-order valence-corrected chi connectivity index (χ0v) is 23.7. The van der Waals surface area contributed by atoms with Crippen LogP contribution in [0.2, 0.25) is 5.02 Å². The zero-order chi connectivity index (χ0) is 29.1. The van der Waals surface area contributed by atoms with Crippen LogP contribution < -0.4 is 5.32 Å². The smallest absolute Gasteiger partial charge is 0.349 e. The molecule has 1 N–H and O–H groups in total. The number of carbonyl (C=O) groups is 1. The third kappa shape index (κ3) is 9.67. The zero-order valence-electron chi connectivity index (χ0n) is 19.0. The molecule has 2 atom stereocenters. The Morgan fingerprint density at radius 2 is 1.61 bits per heavy atom. The molecule has 0 aromatic heterocycles. The highest BCUT2D eigenvalue weighted by atomic mass is 79.9. The summed E-state index contributed by atoms with van der Waals surface area (Å²) < 4.78 is 120. The average Bonchev–Trinajstić information content (AvgIpc) is 2.74. The van der Waals surface area contributed by atoms with Gasteiger partial charge in [0.2, 0.25) is 0 Å². The number of amides is 1. The number of hydrogen-bond donors (Lipinski definition) is 1. The van der Waals surface area contributed by atoms with Crippen molar-refractivity contribution in [3.8, 4) is 0 Å². The second kappa shape index (κ2) is 12.9. The molecule has 0 aliphatic carbocycles. The van der Waals surface area contributed by atoms with E-state index in [2.05, 4.69) is 37.2 Å². The van der Waals surface area contributed by atoms with Crippen molar-refractivity contribution in [1.82, 2.24) is 5.32 Å². The third-order valence-electron chi connectivity index (χ3n) is 4.80. The van der Waals surface area contributed by atoms with Gasteiger partial charge in [0.15, 0.2) is 0 Å². The normalized spacial score (nSPS) is 14.6. The summed E-state index contributed by atoms with van der Waals surface area (Å²) in [5, 5.41) is 2.34. The van der Waals surface area contributed by atoms with Crippen LogP contribution >= 0.6 is 55.2 Å². The molecule has 0 spiro atoms. The molecule has 2 nitrogen and oxygen atoms in total. The van der Waals surface area contributed by atoms with Gasteiger partial charge in [-0.2, -0.15) is 51.3 Å². The number of halogens is 12. The molecule has 38 heavy (non-hydrogen) atoms. The van der Waals surface area contributed by atoms with Gasteiger partial charge in [0.25, 0.3) is 5.91 Å².